The molecule has 1 N–H and O–H groups in total. The van der Waals surface area contributed by atoms with Crippen molar-refractivity contribution in [2.75, 3.05) is 14.2 Å². The van der Waals surface area contributed by atoms with Crippen molar-refractivity contribution >= 4 is 5.91 Å². The Hall–Kier alpha value is -2.56. The first kappa shape index (κ1) is 16.8. The fourth-order valence-corrected chi connectivity index (χ4v) is 2.31. The summed E-state index contributed by atoms with van der Waals surface area (Å²) in [6.07, 6.45) is 0.00427. The standard InChI is InChI=1S/C18H20FNO3/c1-12(13-8-9-16(22-2)17(10-13)23-3)20-18(21)11-14-6-4-5-7-15(14)19/h4-10,12H,11H2,1-3H3,(H,20,21)/t12-/m1/s1. The highest BCUT2D eigenvalue weighted by Crippen LogP contribution is 2.29. The van der Waals surface area contributed by atoms with E-state index in [1.807, 2.05) is 19.1 Å². The summed E-state index contributed by atoms with van der Waals surface area (Å²) in [5, 5.41) is 2.86. The number of halogens is 1. The van der Waals surface area contributed by atoms with Gasteiger partial charge in [0.05, 0.1) is 26.7 Å². The Morgan fingerprint density at radius 1 is 1.13 bits per heavy atom. The van der Waals surface area contributed by atoms with E-state index in [4.69, 9.17) is 9.47 Å². The lowest BCUT2D eigenvalue weighted by atomic mass is 10.1. The van der Waals surface area contributed by atoms with Gasteiger partial charge in [-0.2, -0.15) is 0 Å². The molecule has 0 aromatic heterocycles. The molecule has 0 aliphatic heterocycles. The lowest BCUT2D eigenvalue weighted by molar-refractivity contribution is -0.121. The minimum Gasteiger partial charge on any atom is -0.493 e. The number of benzene rings is 2. The van der Waals surface area contributed by atoms with Crippen LogP contribution in [0.15, 0.2) is 42.5 Å². The van der Waals surface area contributed by atoms with Crippen LogP contribution in [-0.4, -0.2) is 20.1 Å². The van der Waals surface area contributed by atoms with Crippen molar-refractivity contribution in [2.24, 2.45) is 0 Å². The largest absolute Gasteiger partial charge is 0.493 e. The Kier molecular flexibility index (Phi) is 5.57. The Morgan fingerprint density at radius 3 is 2.48 bits per heavy atom. The van der Waals surface area contributed by atoms with Crippen LogP contribution in [0.4, 0.5) is 4.39 Å². The molecule has 0 fully saturated rings. The molecule has 0 heterocycles. The van der Waals surface area contributed by atoms with Gasteiger partial charge in [-0.25, -0.2) is 4.39 Å². The quantitative estimate of drug-likeness (QED) is 0.889. The van der Waals surface area contributed by atoms with Crippen LogP contribution >= 0.6 is 0 Å². The number of ether oxygens (including phenoxy) is 2. The predicted molar refractivity (Wildman–Crippen MR) is 86.2 cm³/mol. The number of amides is 1. The Labute approximate surface area is 135 Å². The molecule has 5 heteroatoms. The van der Waals surface area contributed by atoms with Crippen LogP contribution in [0, 0.1) is 5.82 Å². The molecule has 0 saturated heterocycles. The van der Waals surface area contributed by atoms with Crippen LogP contribution in [0.2, 0.25) is 0 Å². The second-order valence-corrected chi connectivity index (χ2v) is 5.17. The van der Waals surface area contributed by atoms with E-state index >= 15 is 0 Å². The molecule has 0 saturated carbocycles. The minimum absolute atomic E-state index is 0.00427. The van der Waals surface area contributed by atoms with Crippen LogP contribution in [0.3, 0.4) is 0 Å². The average molecular weight is 317 g/mol. The number of hydrogen-bond donors (Lipinski definition) is 1. The van der Waals surface area contributed by atoms with Crippen molar-refractivity contribution < 1.29 is 18.7 Å². The molecular weight excluding hydrogens is 297 g/mol. The molecule has 0 bridgehead atoms. The van der Waals surface area contributed by atoms with Gasteiger partial charge in [-0.05, 0) is 36.2 Å². The van der Waals surface area contributed by atoms with Crippen LogP contribution in [0.1, 0.15) is 24.1 Å². The van der Waals surface area contributed by atoms with Crippen molar-refractivity contribution in [1.29, 1.82) is 0 Å². The van der Waals surface area contributed by atoms with E-state index < -0.39 is 0 Å². The maximum absolute atomic E-state index is 13.6. The van der Waals surface area contributed by atoms with Gasteiger partial charge in [0.25, 0.3) is 0 Å². The number of carbonyl (C=O) groups excluding carboxylic acids is 1. The summed E-state index contributed by atoms with van der Waals surface area (Å²) < 4.78 is 24.0. The number of hydrogen-bond acceptors (Lipinski definition) is 3. The maximum atomic E-state index is 13.6. The molecule has 0 spiro atoms. The third kappa shape index (κ3) is 4.22. The van der Waals surface area contributed by atoms with E-state index in [9.17, 15) is 9.18 Å². The predicted octanol–water partition coefficient (Wildman–Crippen LogP) is 3.26. The summed E-state index contributed by atoms with van der Waals surface area (Å²) in [6.45, 7) is 1.86. The first-order valence-electron chi connectivity index (χ1n) is 7.30. The first-order chi connectivity index (χ1) is 11.0. The van der Waals surface area contributed by atoms with E-state index in [0.29, 0.717) is 17.1 Å². The topological polar surface area (TPSA) is 47.6 Å². The Morgan fingerprint density at radius 2 is 1.83 bits per heavy atom. The molecular formula is C18H20FNO3. The van der Waals surface area contributed by atoms with Gasteiger partial charge in [-0.1, -0.05) is 24.3 Å². The van der Waals surface area contributed by atoms with Crippen molar-refractivity contribution in [1.82, 2.24) is 5.32 Å². The van der Waals surface area contributed by atoms with E-state index in [1.54, 1.807) is 38.5 Å². The number of carbonyl (C=O) groups is 1. The maximum Gasteiger partial charge on any atom is 0.225 e. The highest BCUT2D eigenvalue weighted by Gasteiger charge is 2.14. The summed E-state index contributed by atoms with van der Waals surface area (Å²) in [4.78, 5) is 12.1. The zero-order valence-corrected chi connectivity index (χ0v) is 13.4. The molecule has 2 aromatic carbocycles. The van der Waals surface area contributed by atoms with E-state index in [2.05, 4.69) is 5.32 Å². The molecule has 2 aromatic rings. The van der Waals surface area contributed by atoms with Crippen molar-refractivity contribution in [3.63, 3.8) is 0 Å². The summed E-state index contributed by atoms with van der Waals surface area (Å²) in [5.74, 6) is 0.611. The van der Waals surface area contributed by atoms with Gasteiger partial charge in [-0.15, -0.1) is 0 Å². The molecule has 1 amide bonds. The van der Waals surface area contributed by atoms with Crippen LogP contribution in [-0.2, 0) is 11.2 Å². The summed E-state index contributed by atoms with van der Waals surface area (Å²) in [5.41, 5.74) is 1.26. The van der Waals surface area contributed by atoms with Gasteiger partial charge in [-0.3, -0.25) is 4.79 Å². The second-order valence-electron chi connectivity index (χ2n) is 5.17. The third-order valence-corrected chi connectivity index (χ3v) is 3.59. The van der Waals surface area contributed by atoms with Gasteiger partial charge in [0.15, 0.2) is 11.5 Å². The van der Waals surface area contributed by atoms with Gasteiger partial charge in [0.2, 0.25) is 5.91 Å². The van der Waals surface area contributed by atoms with Crippen LogP contribution in [0.5, 0.6) is 11.5 Å². The minimum atomic E-state index is -0.374. The SMILES string of the molecule is COc1ccc([C@@H](C)NC(=O)Cc2ccccc2F)cc1OC. The molecule has 122 valence electrons. The van der Waals surface area contributed by atoms with E-state index in [-0.39, 0.29) is 24.2 Å². The first-order valence-corrected chi connectivity index (χ1v) is 7.30. The molecule has 1 atom stereocenters. The highest BCUT2D eigenvalue weighted by molar-refractivity contribution is 5.79. The molecule has 0 aliphatic rings. The summed E-state index contributed by atoms with van der Waals surface area (Å²) >= 11 is 0. The van der Waals surface area contributed by atoms with Gasteiger partial charge in [0.1, 0.15) is 5.82 Å². The zero-order chi connectivity index (χ0) is 16.8. The number of rotatable bonds is 6. The van der Waals surface area contributed by atoms with Gasteiger partial charge < -0.3 is 14.8 Å². The smallest absolute Gasteiger partial charge is 0.225 e. The van der Waals surface area contributed by atoms with E-state index in [0.717, 1.165) is 5.56 Å². The molecule has 23 heavy (non-hydrogen) atoms. The average Bonchev–Trinajstić information content (AvgIpc) is 2.56. The van der Waals surface area contributed by atoms with Gasteiger partial charge in [0, 0.05) is 0 Å². The van der Waals surface area contributed by atoms with Crippen molar-refractivity contribution in [3.8, 4) is 11.5 Å². The summed E-state index contributed by atoms with van der Waals surface area (Å²) in [6, 6.07) is 11.5. The number of nitrogens with one attached hydrogen (secondary N) is 1. The van der Waals surface area contributed by atoms with Crippen LogP contribution < -0.4 is 14.8 Å². The summed E-state index contributed by atoms with van der Waals surface area (Å²) in [7, 11) is 3.13. The lowest BCUT2D eigenvalue weighted by Crippen LogP contribution is -2.28. The van der Waals surface area contributed by atoms with E-state index in [1.165, 1.54) is 6.07 Å². The van der Waals surface area contributed by atoms with Gasteiger partial charge >= 0.3 is 0 Å². The monoisotopic (exact) mass is 317 g/mol. The molecule has 0 unspecified atom stereocenters. The molecule has 0 radical (unpaired) electrons. The lowest BCUT2D eigenvalue weighted by Gasteiger charge is -2.16. The van der Waals surface area contributed by atoms with Crippen molar-refractivity contribution in [2.45, 2.75) is 19.4 Å². The highest BCUT2D eigenvalue weighted by atomic mass is 19.1. The second kappa shape index (κ2) is 7.63. The molecule has 2 rings (SSSR count). The fourth-order valence-electron chi connectivity index (χ4n) is 2.31. The molecule has 0 aliphatic carbocycles. The molecule has 4 nitrogen and oxygen atoms in total. The van der Waals surface area contributed by atoms with Crippen LogP contribution in [0.25, 0.3) is 0 Å². The van der Waals surface area contributed by atoms with Crippen molar-refractivity contribution in [3.05, 3.63) is 59.4 Å². The normalized spacial score (nSPS) is 11.7. The number of methoxy groups -OCH3 is 2. The Balaban J connectivity index is 2.05. The third-order valence-electron chi connectivity index (χ3n) is 3.59. The zero-order valence-electron chi connectivity index (χ0n) is 13.4. The Bertz CT molecular complexity index is 688. The fraction of sp³-hybridized carbons (Fsp3) is 0.278.